The lowest BCUT2D eigenvalue weighted by molar-refractivity contribution is 0.382. The topological polar surface area (TPSA) is 44.5 Å². The molecule has 2 aromatic carbocycles. The molecule has 0 aromatic heterocycles. The van der Waals surface area contributed by atoms with Gasteiger partial charge in [-0.1, -0.05) is 24.3 Å². The Balaban J connectivity index is 2.58. The van der Waals surface area contributed by atoms with Crippen LogP contribution in [-0.4, -0.2) is 14.2 Å². The number of ether oxygens (including phenoxy) is 2. The second-order valence-electron chi connectivity index (χ2n) is 4.53. The minimum atomic E-state index is -0.284. The predicted octanol–water partition coefficient (Wildman–Crippen LogP) is 3.66. The molecule has 0 radical (unpaired) electrons. The summed E-state index contributed by atoms with van der Waals surface area (Å²) in [7, 11) is 3.29. The van der Waals surface area contributed by atoms with Crippen molar-refractivity contribution in [3.8, 4) is 11.5 Å². The van der Waals surface area contributed by atoms with Crippen molar-refractivity contribution in [3.63, 3.8) is 0 Å². The van der Waals surface area contributed by atoms with Crippen molar-refractivity contribution in [2.24, 2.45) is 5.73 Å². The van der Waals surface area contributed by atoms with Crippen molar-refractivity contribution in [1.82, 2.24) is 0 Å². The average Bonchev–Trinajstić information content (AvgIpc) is 2.48. The summed E-state index contributed by atoms with van der Waals surface area (Å²) in [4.78, 5) is 0. The number of benzene rings is 2. The second kappa shape index (κ2) is 6.45. The molecule has 0 saturated heterocycles. The SMILES string of the molecule is COc1cccc(OC)c1C(N)c1cccc(C)c1I. The molecule has 0 spiro atoms. The highest BCUT2D eigenvalue weighted by Crippen LogP contribution is 2.37. The maximum Gasteiger partial charge on any atom is 0.127 e. The van der Waals surface area contributed by atoms with Crippen LogP contribution in [0.5, 0.6) is 11.5 Å². The van der Waals surface area contributed by atoms with Crippen LogP contribution in [0.3, 0.4) is 0 Å². The van der Waals surface area contributed by atoms with Crippen LogP contribution in [0.2, 0.25) is 0 Å². The molecule has 2 rings (SSSR count). The normalized spacial score (nSPS) is 12.1. The summed E-state index contributed by atoms with van der Waals surface area (Å²) < 4.78 is 12.0. The molecule has 3 nitrogen and oxygen atoms in total. The summed E-state index contributed by atoms with van der Waals surface area (Å²) in [5.74, 6) is 1.49. The van der Waals surface area contributed by atoms with Crippen molar-refractivity contribution in [3.05, 3.63) is 56.7 Å². The van der Waals surface area contributed by atoms with Gasteiger partial charge in [0.05, 0.1) is 25.8 Å². The first-order valence-electron chi connectivity index (χ1n) is 6.31. The van der Waals surface area contributed by atoms with Gasteiger partial charge in [-0.2, -0.15) is 0 Å². The van der Waals surface area contributed by atoms with Gasteiger partial charge in [-0.25, -0.2) is 0 Å². The van der Waals surface area contributed by atoms with Gasteiger partial charge < -0.3 is 15.2 Å². The first-order valence-corrected chi connectivity index (χ1v) is 7.39. The zero-order valence-corrected chi connectivity index (χ0v) is 14.0. The number of hydrogen-bond donors (Lipinski definition) is 1. The fraction of sp³-hybridized carbons (Fsp3) is 0.250. The van der Waals surface area contributed by atoms with E-state index < -0.39 is 0 Å². The third-order valence-corrected chi connectivity index (χ3v) is 4.81. The molecule has 0 saturated carbocycles. The van der Waals surface area contributed by atoms with Gasteiger partial charge >= 0.3 is 0 Å². The molecule has 0 aliphatic carbocycles. The molecule has 0 amide bonds. The lowest BCUT2D eigenvalue weighted by Gasteiger charge is -2.20. The Hall–Kier alpha value is -1.27. The van der Waals surface area contributed by atoms with Crippen molar-refractivity contribution >= 4 is 22.6 Å². The van der Waals surface area contributed by atoms with Gasteiger partial charge in [0, 0.05) is 3.57 Å². The zero-order valence-electron chi connectivity index (χ0n) is 11.8. The summed E-state index contributed by atoms with van der Waals surface area (Å²) in [5, 5.41) is 0. The largest absolute Gasteiger partial charge is 0.496 e. The van der Waals surface area contributed by atoms with Crippen LogP contribution in [0, 0.1) is 10.5 Å². The molecule has 106 valence electrons. The van der Waals surface area contributed by atoms with Gasteiger partial charge in [0.1, 0.15) is 11.5 Å². The first kappa shape index (κ1) is 15.1. The van der Waals surface area contributed by atoms with Crippen LogP contribution >= 0.6 is 22.6 Å². The number of halogens is 1. The molecule has 0 aliphatic rings. The van der Waals surface area contributed by atoms with E-state index in [0.29, 0.717) is 0 Å². The van der Waals surface area contributed by atoms with Crippen molar-refractivity contribution in [2.75, 3.05) is 14.2 Å². The van der Waals surface area contributed by atoms with E-state index in [1.165, 1.54) is 9.13 Å². The van der Waals surface area contributed by atoms with E-state index in [4.69, 9.17) is 15.2 Å². The Bertz CT molecular complexity index is 591. The number of rotatable bonds is 4. The second-order valence-corrected chi connectivity index (χ2v) is 5.61. The van der Waals surface area contributed by atoms with Gasteiger partial charge in [-0.05, 0) is 52.8 Å². The molecule has 2 N–H and O–H groups in total. The lowest BCUT2D eigenvalue weighted by Crippen LogP contribution is -2.16. The fourth-order valence-electron chi connectivity index (χ4n) is 2.25. The minimum Gasteiger partial charge on any atom is -0.496 e. The standard InChI is InChI=1S/C16H18INO2/c1-10-6-4-7-11(15(10)17)16(18)14-12(19-2)8-5-9-13(14)20-3/h4-9,16H,18H2,1-3H3. The Morgan fingerprint density at radius 2 is 1.55 bits per heavy atom. The third-order valence-electron chi connectivity index (χ3n) is 3.33. The third kappa shape index (κ3) is 2.76. The van der Waals surface area contributed by atoms with E-state index in [1.54, 1.807) is 14.2 Å². The van der Waals surface area contributed by atoms with Gasteiger partial charge in [-0.3, -0.25) is 0 Å². The molecule has 0 aliphatic heterocycles. The van der Waals surface area contributed by atoms with Gasteiger partial charge in [0.25, 0.3) is 0 Å². The van der Waals surface area contributed by atoms with E-state index in [-0.39, 0.29) is 6.04 Å². The summed E-state index contributed by atoms with van der Waals surface area (Å²) in [6.07, 6.45) is 0. The summed E-state index contributed by atoms with van der Waals surface area (Å²) in [6.45, 7) is 2.08. The molecule has 0 heterocycles. The fourth-order valence-corrected chi connectivity index (χ4v) is 2.95. The molecular formula is C16H18INO2. The maximum atomic E-state index is 6.47. The van der Waals surface area contributed by atoms with Crippen LogP contribution in [0.15, 0.2) is 36.4 Å². The van der Waals surface area contributed by atoms with Gasteiger partial charge in [0.15, 0.2) is 0 Å². The smallest absolute Gasteiger partial charge is 0.127 e. The number of hydrogen-bond acceptors (Lipinski definition) is 3. The molecular weight excluding hydrogens is 365 g/mol. The lowest BCUT2D eigenvalue weighted by atomic mass is 9.96. The van der Waals surface area contributed by atoms with E-state index in [0.717, 1.165) is 22.6 Å². The highest BCUT2D eigenvalue weighted by molar-refractivity contribution is 14.1. The molecule has 2 aromatic rings. The zero-order chi connectivity index (χ0) is 14.7. The van der Waals surface area contributed by atoms with Crippen molar-refractivity contribution < 1.29 is 9.47 Å². The van der Waals surface area contributed by atoms with Crippen molar-refractivity contribution in [1.29, 1.82) is 0 Å². The number of nitrogens with two attached hydrogens (primary N) is 1. The van der Waals surface area contributed by atoms with Gasteiger partial charge in [-0.15, -0.1) is 0 Å². The molecule has 0 bridgehead atoms. The quantitative estimate of drug-likeness (QED) is 0.820. The number of methoxy groups -OCH3 is 2. The molecule has 1 atom stereocenters. The average molecular weight is 383 g/mol. The summed E-state index contributed by atoms with van der Waals surface area (Å²) in [6, 6.07) is 11.6. The van der Waals surface area contributed by atoms with E-state index in [1.807, 2.05) is 30.3 Å². The molecule has 1 unspecified atom stereocenters. The van der Waals surface area contributed by atoms with Crippen LogP contribution in [0.25, 0.3) is 0 Å². The van der Waals surface area contributed by atoms with Crippen molar-refractivity contribution in [2.45, 2.75) is 13.0 Å². The monoisotopic (exact) mass is 383 g/mol. The molecule has 4 heteroatoms. The Kier molecular flexibility index (Phi) is 4.88. The van der Waals surface area contributed by atoms with Crippen LogP contribution in [0.1, 0.15) is 22.7 Å². The summed E-state index contributed by atoms with van der Waals surface area (Å²) in [5.41, 5.74) is 9.64. The Morgan fingerprint density at radius 1 is 1.00 bits per heavy atom. The van der Waals surface area contributed by atoms with Gasteiger partial charge in [0.2, 0.25) is 0 Å². The van der Waals surface area contributed by atoms with E-state index in [9.17, 15) is 0 Å². The first-order chi connectivity index (χ1) is 9.60. The molecule has 0 fully saturated rings. The molecule has 20 heavy (non-hydrogen) atoms. The predicted molar refractivity (Wildman–Crippen MR) is 89.5 cm³/mol. The van der Waals surface area contributed by atoms with Crippen LogP contribution < -0.4 is 15.2 Å². The Labute approximate surface area is 133 Å². The summed E-state index contributed by atoms with van der Waals surface area (Å²) >= 11 is 2.33. The van der Waals surface area contributed by atoms with Crippen LogP contribution in [-0.2, 0) is 0 Å². The highest BCUT2D eigenvalue weighted by Gasteiger charge is 2.21. The van der Waals surface area contributed by atoms with Crippen LogP contribution in [0.4, 0.5) is 0 Å². The maximum absolute atomic E-state index is 6.47. The Morgan fingerprint density at radius 3 is 2.10 bits per heavy atom. The van der Waals surface area contributed by atoms with E-state index >= 15 is 0 Å². The number of aryl methyl sites for hydroxylation is 1. The van der Waals surface area contributed by atoms with E-state index in [2.05, 4.69) is 35.6 Å². The minimum absolute atomic E-state index is 0.284. The highest BCUT2D eigenvalue weighted by atomic mass is 127.